The molecule has 0 saturated carbocycles. The van der Waals surface area contributed by atoms with Crippen LogP contribution in [0.25, 0.3) is 0 Å². The van der Waals surface area contributed by atoms with E-state index in [-0.39, 0.29) is 6.10 Å². The Morgan fingerprint density at radius 2 is 2.42 bits per heavy atom. The van der Waals surface area contributed by atoms with Crippen molar-refractivity contribution in [2.75, 3.05) is 0 Å². The van der Waals surface area contributed by atoms with E-state index in [9.17, 15) is 0 Å². The van der Waals surface area contributed by atoms with Crippen LogP contribution in [0.15, 0.2) is 18.3 Å². The summed E-state index contributed by atoms with van der Waals surface area (Å²) < 4.78 is 0. The number of hydrogen-bond donors (Lipinski definition) is 1. The number of aliphatic hydroxyl groups is 1. The Bertz CT molecular complexity index is 282. The van der Waals surface area contributed by atoms with Crippen molar-refractivity contribution in [3.05, 3.63) is 29.6 Å². The fourth-order valence-electron chi connectivity index (χ4n) is 0.972. The van der Waals surface area contributed by atoms with Crippen LogP contribution < -0.4 is 0 Å². The van der Waals surface area contributed by atoms with Gasteiger partial charge in [0, 0.05) is 6.20 Å². The monoisotopic (exact) mass is 161 g/mol. The molecule has 0 bridgehead atoms. The first-order valence-corrected chi connectivity index (χ1v) is 3.82. The van der Waals surface area contributed by atoms with Gasteiger partial charge in [0.1, 0.15) is 5.69 Å². The highest BCUT2D eigenvalue weighted by Gasteiger charge is 1.98. The van der Waals surface area contributed by atoms with Gasteiger partial charge in [-0.1, -0.05) is 12.0 Å². The Kier molecular flexibility index (Phi) is 2.84. The molecular formula is C10H11NO. The predicted molar refractivity (Wildman–Crippen MR) is 47.6 cm³/mol. The fraction of sp³-hybridized carbons (Fsp3) is 0.300. The minimum atomic E-state index is -0.330. The zero-order valence-corrected chi connectivity index (χ0v) is 6.99. The Morgan fingerprint density at radius 1 is 1.67 bits per heavy atom. The molecule has 0 aliphatic carbocycles. The maximum absolute atomic E-state index is 9.06. The predicted octanol–water partition coefficient (Wildman–Crippen LogP) is 0.986. The van der Waals surface area contributed by atoms with Crippen molar-refractivity contribution < 1.29 is 5.11 Å². The molecular weight excluding hydrogens is 150 g/mol. The van der Waals surface area contributed by atoms with Crippen LogP contribution in [0.5, 0.6) is 0 Å². The zero-order valence-electron chi connectivity index (χ0n) is 6.99. The molecule has 0 fully saturated rings. The molecule has 0 amide bonds. The standard InChI is InChI=1S/C10H11NO/c1-3-10-5-4-9(7-11-10)6-8(2)12/h1,4-5,7-8,12H,6H2,2H3. The summed E-state index contributed by atoms with van der Waals surface area (Å²) in [4.78, 5) is 4.00. The van der Waals surface area contributed by atoms with Crippen LogP contribution in [0.1, 0.15) is 18.2 Å². The van der Waals surface area contributed by atoms with Gasteiger partial charge >= 0.3 is 0 Å². The SMILES string of the molecule is C#Cc1ccc(CC(C)O)cn1. The van der Waals surface area contributed by atoms with Gasteiger partial charge in [0.05, 0.1) is 6.10 Å². The average molecular weight is 161 g/mol. The van der Waals surface area contributed by atoms with E-state index in [1.807, 2.05) is 6.07 Å². The molecule has 1 aromatic rings. The molecule has 1 N–H and O–H groups in total. The second-order valence-electron chi connectivity index (χ2n) is 2.75. The lowest BCUT2D eigenvalue weighted by atomic mass is 10.1. The van der Waals surface area contributed by atoms with Crippen LogP contribution in [0, 0.1) is 12.3 Å². The first kappa shape index (κ1) is 8.76. The normalized spacial score (nSPS) is 12.1. The van der Waals surface area contributed by atoms with Gasteiger partial charge in [-0.3, -0.25) is 0 Å². The fourth-order valence-corrected chi connectivity index (χ4v) is 0.972. The molecule has 0 aliphatic rings. The number of terminal acetylenes is 1. The molecule has 1 heterocycles. The first-order chi connectivity index (χ1) is 5.72. The largest absolute Gasteiger partial charge is 0.393 e. The number of hydrogen-bond acceptors (Lipinski definition) is 2. The molecule has 1 unspecified atom stereocenters. The van der Waals surface area contributed by atoms with Crippen LogP contribution in [0.4, 0.5) is 0 Å². The van der Waals surface area contributed by atoms with E-state index >= 15 is 0 Å². The van der Waals surface area contributed by atoms with E-state index < -0.39 is 0 Å². The topological polar surface area (TPSA) is 33.1 Å². The smallest absolute Gasteiger partial charge is 0.112 e. The quantitative estimate of drug-likeness (QED) is 0.656. The minimum Gasteiger partial charge on any atom is -0.393 e. The van der Waals surface area contributed by atoms with E-state index in [1.54, 1.807) is 19.2 Å². The Labute approximate surface area is 72.3 Å². The van der Waals surface area contributed by atoms with E-state index in [2.05, 4.69) is 10.9 Å². The molecule has 0 radical (unpaired) electrons. The Balaban J connectivity index is 2.73. The highest BCUT2D eigenvalue weighted by molar-refractivity contribution is 5.26. The van der Waals surface area contributed by atoms with E-state index in [4.69, 9.17) is 11.5 Å². The molecule has 0 aromatic carbocycles. The summed E-state index contributed by atoms with van der Waals surface area (Å²) in [6.45, 7) is 1.75. The third-order valence-corrected chi connectivity index (χ3v) is 1.50. The molecule has 0 aliphatic heterocycles. The summed E-state index contributed by atoms with van der Waals surface area (Å²) in [5.74, 6) is 2.43. The van der Waals surface area contributed by atoms with Gasteiger partial charge in [0.2, 0.25) is 0 Å². The molecule has 1 atom stereocenters. The minimum absolute atomic E-state index is 0.330. The highest BCUT2D eigenvalue weighted by atomic mass is 16.3. The van der Waals surface area contributed by atoms with Crippen molar-refractivity contribution in [2.45, 2.75) is 19.4 Å². The lowest BCUT2D eigenvalue weighted by Crippen LogP contribution is -2.04. The van der Waals surface area contributed by atoms with E-state index in [0.717, 1.165) is 5.56 Å². The van der Waals surface area contributed by atoms with Crippen molar-refractivity contribution in [2.24, 2.45) is 0 Å². The van der Waals surface area contributed by atoms with Crippen molar-refractivity contribution in [1.82, 2.24) is 4.98 Å². The van der Waals surface area contributed by atoms with Gasteiger partial charge < -0.3 is 5.11 Å². The van der Waals surface area contributed by atoms with Crippen LogP contribution in [0.2, 0.25) is 0 Å². The van der Waals surface area contributed by atoms with Gasteiger partial charge in [0.15, 0.2) is 0 Å². The number of aromatic nitrogens is 1. The first-order valence-electron chi connectivity index (χ1n) is 3.82. The molecule has 1 aromatic heterocycles. The number of aliphatic hydroxyl groups excluding tert-OH is 1. The lowest BCUT2D eigenvalue weighted by molar-refractivity contribution is 0.195. The van der Waals surface area contributed by atoms with Crippen molar-refractivity contribution >= 4 is 0 Å². The molecule has 1 rings (SSSR count). The molecule has 0 saturated heterocycles. The highest BCUT2D eigenvalue weighted by Crippen LogP contribution is 2.02. The summed E-state index contributed by atoms with van der Waals surface area (Å²) in [5.41, 5.74) is 1.63. The lowest BCUT2D eigenvalue weighted by Gasteiger charge is -2.02. The third-order valence-electron chi connectivity index (χ3n) is 1.50. The number of rotatable bonds is 2. The average Bonchev–Trinajstić information content (AvgIpc) is 2.05. The number of pyridine rings is 1. The van der Waals surface area contributed by atoms with Crippen LogP contribution >= 0.6 is 0 Å². The summed E-state index contributed by atoms with van der Waals surface area (Å²) in [7, 11) is 0. The van der Waals surface area contributed by atoms with Gasteiger partial charge in [0.25, 0.3) is 0 Å². The van der Waals surface area contributed by atoms with Crippen LogP contribution in [-0.2, 0) is 6.42 Å². The number of nitrogens with zero attached hydrogens (tertiary/aromatic N) is 1. The van der Waals surface area contributed by atoms with Crippen molar-refractivity contribution in [3.8, 4) is 12.3 Å². The third kappa shape index (κ3) is 2.37. The second-order valence-corrected chi connectivity index (χ2v) is 2.75. The maximum atomic E-state index is 9.06. The van der Waals surface area contributed by atoms with Crippen LogP contribution in [0.3, 0.4) is 0 Å². The Morgan fingerprint density at radius 3 is 2.83 bits per heavy atom. The second kappa shape index (κ2) is 3.89. The van der Waals surface area contributed by atoms with E-state index in [1.165, 1.54) is 0 Å². The Hall–Kier alpha value is -1.33. The van der Waals surface area contributed by atoms with Crippen molar-refractivity contribution in [3.63, 3.8) is 0 Å². The summed E-state index contributed by atoms with van der Waals surface area (Å²) in [5, 5.41) is 9.06. The molecule has 2 heteroatoms. The van der Waals surface area contributed by atoms with Gasteiger partial charge in [-0.2, -0.15) is 0 Å². The van der Waals surface area contributed by atoms with Gasteiger partial charge in [-0.15, -0.1) is 6.42 Å². The maximum Gasteiger partial charge on any atom is 0.112 e. The molecule has 12 heavy (non-hydrogen) atoms. The summed E-state index contributed by atoms with van der Waals surface area (Å²) >= 11 is 0. The summed E-state index contributed by atoms with van der Waals surface area (Å²) in [6.07, 6.45) is 7.13. The molecule has 62 valence electrons. The van der Waals surface area contributed by atoms with Crippen LogP contribution in [-0.4, -0.2) is 16.2 Å². The van der Waals surface area contributed by atoms with E-state index in [0.29, 0.717) is 12.1 Å². The van der Waals surface area contributed by atoms with Crippen molar-refractivity contribution in [1.29, 1.82) is 0 Å². The molecule has 2 nitrogen and oxygen atoms in total. The van der Waals surface area contributed by atoms with Gasteiger partial charge in [-0.05, 0) is 25.0 Å². The van der Waals surface area contributed by atoms with Gasteiger partial charge in [-0.25, -0.2) is 4.98 Å². The summed E-state index contributed by atoms with van der Waals surface area (Å²) in [6, 6.07) is 3.66. The molecule has 0 spiro atoms. The zero-order chi connectivity index (χ0) is 8.97.